The first-order chi connectivity index (χ1) is 8.59. The van der Waals surface area contributed by atoms with Gasteiger partial charge in [-0.3, -0.25) is 20.2 Å². The number of hydrogen-bond acceptors (Lipinski definition) is 6. The molecule has 1 heterocycles. The summed E-state index contributed by atoms with van der Waals surface area (Å²) in [5.74, 6) is -0.696. The molecule has 0 unspecified atom stereocenters. The number of carbonyl (C=O) groups is 1. The number of nitrogens with zero attached hydrogens (tertiary/aromatic N) is 4. The zero-order valence-corrected chi connectivity index (χ0v) is 9.25. The number of aromatic nitrogens is 4. The van der Waals surface area contributed by atoms with Gasteiger partial charge >= 0.3 is 0 Å². The fraction of sp³-hybridized carbons (Fsp3) is 0.111. The third-order valence-electron chi connectivity index (χ3n) is 2.25. The van der Waals surface area contributed by atoms with Crippen LogP contribution in [0.25, 0.3) is 0 Å². The van der Waals surface area contributed by atoms with Crippen molar-refractivity contribution >= 4 is 17.5 Å². The maximum absolute atomic E-state index is 11.9. The molecule has 9 heteroatoms. The van der Waals surface area contributed by atoms with Crippen LogP contribution < -0.4 is 5.32 Å². The largest absolute Gasteiger partial charge is 0.288 e. The number of tetrazole rings is 1. The molecule has 0 aliphatic rings. The van der Waals surface area contributed by atoms with Crippen LogP contribution >= 0.6 is 0 Å². The van der Waals surface area contributed by atoms with Gasteiger partial charge in [0.25, 0.3) is 17.5 Å². The van der Waals surface area contributed by atoms with Gasteiger partial charge in [-0.05, 0) is 17.7 Å². The van der Waals surface area contributed by atoms with Crippen molar-refractivity contribution in [2.75, 3.05) is 5.32 Å². The Morgan fingerprint density at radius 1 is 1.50 bits per heavy atom. The fourth-order valence-electron chi connectivity index (χ4n) is 1.48. The summed E-state index contributed by atoms with van der Waals surface area (Å²) in [6.45, 7) is 1.61. The SMILES string of the molecule is Cc1cccc([N+](=O)[O-])c1C(=O)Nc1nn[nH]n1. The van der Waals surface area contributed by atoms with E-state index in [1.54, 1.807) is 13.0 Å². The van der Waals surface area contributed by atoms with Crippen molar-refractivity contribution in [3.05, 3.63) is 39.4 Å². The molecule has 1 amide bonds. The number of rotatable bonds is 3. The minimum absolute atomic E-state index is 0.0210. The number of nitrogens with one attached hydrogen (secondary N) is 2. The van der Waals surface area contributed by atoms with Gasteiger partial charge in [0.1, 0.15) is 5.56 Å². The molecule has 0 aliphatic heterocycles. The van der Waals surface area contributed by atoms with Crippen LogP contribution in [0, 0.1) is 17.0 Å². The number of H-pyrrole nitrogens is 1. The molecule has 0 saturated carbocycles. The van der Waals surface area contributed by atoms with E-state index in [2.05, 4.69) is 25.9 Å². The molecule has 0 aliphatic carbocycles. The van der Waals surface area contributed by atoms with E-state index >= 15 is 0 Å². The summed E-state index contributed by atoms with van der Waals surface area (Å²) in [5.41, 5.74) is 0.202. The van der Waals surface area contributed by atoms with Crippen molar-refractivity contribution in [3.8, 4) is 0 Å². The van der Waals surface area contributed by atoms with Crippen LogP contribution in [0.1, 0.15) is 15.9 Å². The van der Waals surface area contributed by atoms with E-state index < -0.39 is 10.8 Å². The van der Waals surface area contributed by atoms with Crippen molar-refractivity contribution in [1.82, 2.24) is 20.6 Å². The molecule has 2 N–H and O–H groups in total. The predicted octanol–water partition coefficient (Wildman–Crippen LogP) is 0.669. The lowest BCUT2D eigenvalue weighted by Crippen LogP contribution is -2.16. The van der Waals surface area contributed by atoms with Crippen LogP contribution in [0.4, 0.5) is 11.6 Å². The Balaban J connectivity index is 2.38. The molecule has 2 aromatic rings. The molecular formula is C9H8N6O3. The first-order valence-electron chi connectivity index (χ1n) is 4.88. The average Bonchev–Trinajstić information content (AvgIpc) is 2.81. The molecule has 2 rings (SSSR count). The Kier molecular flexibility index (Phi) is 2.96. The number of amides is 1. The van der Waals surface area contributed by atoms with Crippen LogP contribution in [0.15, 0.2) is 18.2 Å². The van der Waals surface area contributed by atoms with Crippen LogP contribution in [-0.2, 0) is 0 Å². The second-order valence-corrected chi connectivity index (χ2v) is 3.42. The minimum atomic E-state index is -0.652. The average molecular weight is 248 g/mol. The van der Waals surface area contributed by atoms with Crippen molar-refractivity contribution in [1.29, 1.82) is 0 Å². The zero-order chi connectivity index (χ0) is 13.1. The number of anilines is 1. The summed E-state index contributed by atoms with van der Waals surface area (Å²) in [5, 5.41) is 25.7. The number of carbonyl (C=O) groups excluding carboxylic acids is 1. The summed E-state index contributed by atoms with van der Waals surface area (Å²) in [6.07, 6.45) is 0. The number of nitro groups is 1. The first kappa shape index (κ1) is 11.6. The van der Waals surface area contributed by atoms with E-state index in [0.29, 0.717) is 5.56 Å². The Morgan fingerprint density at radius 3 is 2.89 bits per heavy atom. The van der Waals surface area contributed by atoms with E-state index in [1.165, 1.54) is 12.1 Å². The molecule has 1 aromatic carbocycles. The highest BCUT2D eigenvalue weighted by Crippen LogP contribution is 2.22. The van der Waals surface area contributed by atoms with Gasteiger partial charge in [-0.15, -0.1) is 5.10 Å². The molecule has 18 heavy (non-hydrogen) atoms. The zero-order valence-electron chi connectivity index (χ0n) is 9.25. The highest BCUT2D eigenvalue weighted by Gasteiger charge is 2.22. The summed E-state index contributed by atoms with van der Waals surface area (Å²) in [6, 6.07) is 4.38. The normalized spacial score (nSPS) is 10.1. The minimum Gasteiger partial charge on any atom is -0.288 e. The summed E-state index contributed by atoms with van der Waals surface area (Å²) in [4.78, 5) is 22.2. The highest BCUT2D eigenvalue weighted by atomic mass is 16.6. The van der Waals surface area contributed by atoms with Crippen molar-refractivity contribution in [2.24, 2.45) is 0 Å². The van der Waals surface area contributed by atoms with Gasteiger partial charge in [0.05, 0.1) is 4.92 Å². The van der Waals surface area contributed by atoms with Crippen LogP contribution in [0.2, 0.25) is 0 Å². The maximum atomic E-state index is 11.9. The van der Waals surface area contributed by atoms with Crippen molar-refractivity contribution < 1.29 is 9.72 Å². The number of benzene rings is 1. The third-order valence-corrected chi connectivity index (χ3v) is 2.25. The Bertz CT molecular complexity index is 594. The number of nitro benzene ring substituents is 1. The monoisotopic (exact) mass is 248 g/mol. The van der Waals surface area contributed by atoms with Gasteiger partial charge in [0.2, 0.25) is 0 Å². The van der Waals surface area contributed by atoms with Crippen LogP contribution in [0.5, 0.6) is 0 Å². The second-order valence-electron chi connectivity index (χ2n) is 3.42. The van der Waals surface area contributed by atoms with Gasteiger partial charge in [-0.25, -0.2) is 0 Å². The number of hydrogen-bond donors (Lipinski definition) is 2. The van der Waals surface area contributed by atoms with Crippen molar-refractivity contribution in [2.45, 2.75) is 6.92 Å². The Morgan fingerprint density at radius 2 is 2.28 bits per heavy atom. The lowest BCUT2D eigenvalue weighted by molar-refractivity contribution is -0.385. The van der Waals surface area contributed by atoms with Crippen LogP contribution in [-0.4, -0.2) is 31.5 Å². The summed E-state index contributed by atoms with van der Waals surface area (Å²) >= 11 is 0. The van der Waals surface area contributed by atoms with E-state index in [9.17, 15) is 14.9 Å². The fourth-order valence-corrected chi connectivity index (χ4v) is 1.48. The standard InChI is InChI=1S/C9H8N6O3/c1-5-3-2-4-6(15(17)18)7(5)8(16)10-9-11-13-14-12-9/h2-4H,1H3,(H2,10,11,12,13,14,16). The molecule has 0 bridgehead atoms. The van der Waals surface area contributed by atoms with E-state index in [1.807, 2.05) is 0 Å². The number of aryl methyl sites for hydroxylation is 1. The summed E-state index contributed by atoms with van der Waals surface area (Å²) in [7, 11) is 0. The molecule has 0 fully saturated rings. The quantitative estimate of drug-likeness (QED) is 0.607. The topological polar surface area (TPSA) is 127 Å². The molecule has 92 valence electrons. The molecule has 1 aromatic heterocycles. The van der Waals surface area contributed by atoms with E-state index in [4.69, 9.17) is 0 Å². The van der Waals surface area contributed by atoms with Gasteiger partial charge in [0, 0.05) is 6.07 Å². The maximum Gasteiger partial charge on any atom is 0.282 e. The number of aromatic amines is 1. The summed E-state index contributed by atoms with van der Waals surface area (Å²) < 4.78 is 0. The van der Waals surface area contributed by atoms with Crippen molar-refractivity contribution in [3.63, 3.8) is 0 Å². The molecular weight excluding hydrogens is 240 g/mol. The molecule has 0 spiro atoms. The highest BCUT2D eigenvalue weighted by molar-refractivity contribution is 6.07. The van der Waals surface area contributed by atoms with Gasteiger partial charge in [0.15, 0.2) is 0 Å². The lowest BCUT2D eigenvalue weighted by Gasteiger charge is -2.05. The van der Waals surface area contributed by atoms with Crippen LogP contribution in [0.3, 0.4) is 0 Å². The Labute approximate surface area is 100 Å². The first-order valence-corrected chi connectivity index (χ1v) is 4.88. The molecule has 9 nitrogen and oxygen atoms in total. The molecule has 0 atom stereocenters. The lowest BCUT2D eigenvalue weighted by atomic mass is 10.1. The molecule has 0 radical (unpaired) electrons. The molecule has 0 saturated heterocycles. The van der Waals surface area contributed by atoms with E-state index in [-0.39, 0.29) is 17.2 Å². The van der Waals surface area contributed by atoms with E-state index in [0.717, 1.165) is 0 Å². The second kappa shape index (κ2) is 4.57. The van der Waals surface area contributed by atoms with Gasteiger partial charge in [-0.1, -0.05) is 17.2 Å². The predicted molar refractivity (Wildman–Crippen MR) is 60.0 cm³/mol. The third kappa shape index (κ3) is 2.14. The van der Waals surface area contributed by atoms with Gasteiger partial charge < -0.3 is 0 Å². The Hall–Kier alpha value is -2.84. The smallest absolute Gasteiger partial charge is 0.282 e. The van der Waals surface area contributed by atoms with Gasteiger partial charge in [-0.2, -0.15) is 5.21 Å².